The average Bonchev–Trinajstić information content (AvgIpc) is 3.13. The molecule has 2 N–H and O–H groups in total. The summed E-state index contributed by atoms with van der Waals surface area (Å²) in [6, 6.07) is 11.7. The first kappa shape index (κ1) is 21.4. The van der Waals surface area contributed by atoms with Crippen molar-refractivity contribution in [1.29, 1.82) is 0 Å². The fraction of sp³-hybridized carbons (Fsp3) is 0.211. The smallest absolute Gasteiger partial charge is 0.270 e. The van der Waals surface area contributed by atoms with Gasteiger partial charge in [-0.05, 0) is 56.2 Å². The molecule has 0 saturated carbocycles. The first-order chi connectivity index (χ1) is 13.7. The van der Waals surface area contributed by atoms with Crippen molar-refractivity contribution in [2.45, 2.75) is 31.2 Å². The number of carbonyl (C=O) groups excluding carboxylic acids is 1. The van der Waals surface area contributed by atoms with Gasteiger partial charge in [0.15, 0.2) is 0 Å². The summed E-state index contributed by atoms with van der Waals surface area (Å²) < 4.78 is 27.8. The van der Waals surface area contributed by atoms with Crippen molar-refractivity contribution in [3.63, 3.8) is 0 Å². The number of benzene rings is 2. The highest BCUT2D eigenvalue weighted by atomic mass is 35.5. The van der Waals surface area contributed by atoms with Crippen LogP contribution in [-0.2, 0) is 10.0 Å². The molecule has 0 saturated heterocycles. The highest BCUT2D eigenvalue weighted by Gasteiger charge is 2.24. The van der Waals surface area contributed by atoms with Gasteiger partial charge in [0.05, 0.1) is 0 Å². The van der Waals surface area contributed by atoms with Gasteiger partial charge in [0, 0.05) is 16.6 Å². The lowest BCUT2D eigenvalue weighted by atomic mass is 10.0. The molecule has 29 heavy (non-hydrogen) atoms. The van der Waals surface area contributed by atoms with E-state index in [4.69, 9.17) is 11.6 Å². The second-order valence-corrected chi connectivity index (χ2v) is 9.84. The van der Waals surface area contributed by atoms with E-state index < -0.39 is 22.0 Å². The lowest BCUT2D eigenvalue weighted by Gasteiger charge is -2.16. The fourth-order valence-corrected chi connectivity index (χ4v) is 4.97. The number of carbonyl (C=O) groups is 1. The quantitative estimate of drug-likeness (QED) is 0.550. The molecule has 3 rings (SSSR count). The number of halogens is 1. The Hall–Kier alpha value is -2.33. The minimum absolute atomic E-state index is 0.0877. The minimum atomic E-state index is -3.90. The molecular weight excluding hydrogens is 432 g/mol. The van der Waals surface area contributed by atoms with Gasteiger partial charge >= 0.3 is 0 Å². The molecule has 1 atom stereocenters. The molecule has 10 heteroatoms. The number of hydrogen-bond donors (Lipinski definition) is 2. The van der Waals surface area contributed by atoms with Crippen LogP contribution in [0.5, 0.6) is 0 Å². The van der Waals surface area contributed by atoms with Gasteiger partial charge in [0.1, 0.15) is 0 Å². The lowest BCUT2D eigenvalue weighted by Crippen LogP contribution is -2.27. The summed E-state index contributed by atoms with van der Waals surface area (Å²) in [4.78, 5) is 12.2. The van der Waals surface area contributed by atoms with E-state index in [2.05, 4.69) is 20.2 Å². The maximum Gasteiger partial charge on any atom is 0.270 e. The molecule has 0 spiro atoms. The van der Waals surface area contributed by atoms with E-state index >= 15 is 0 Å². The normalized spacial score (nSPS) is 12.6. The van der Waals surface area contributed by atoms with Crippen LogP contribution in [0.2, 0.25) is 5.02 Å². The van der Waals surface area contributed by atoms with Crippen molar-refractivity contribution in [3.05, 3.63) is 69.7 Å². The number of sulfonamides is 1. The average molecular weight is 451 g/mol. The van der Waals surface area contributed by atoms with E-state index in [1.165, 1.54) is 0 Å². The predicted octanol–water partition coefficient (Wildman–Crippen LogP) is 4.10. The van der Waals surface area contributed by atoms with E-state index in [1.807, 2.05) is 32.0 Å². The van der Waals surface area contributed by atoms with E-state index in [1.54, 1.807) is 31.2 Å². The van der Waals surface area contributed by atoms with Crippen LogP contribution in [0.15, 0.2) is 46.8 Å². The van der Waals surface area contributed by atoms with E-state index in [0.29, 0.717) is 10.6 Å². The highest BCUT2D eigenvalue weighted by Crippen LogP contribution is 2.24. The Morgan fingerprint density at radius 1 is 1.10 bits per heavy atom. The van der Waals surface area contributed by atoms with Crippen molar-refractivity contribution in [1.82, 2.24) is 14.9 Å². The Labute approximate surface area is 178 Å². The van der Waals surface area contributed by atoms with Gasteiger partial charge in [-0.25, -0.2) is 13.1 Å². The van der Waals surface area contributed by atoms with Crippen LogP contribution < -0.4 is 10.0 Å². The van der Waals surface area contributed by atoms with Gasteiger partial charge in [-0.15, -0.1) is 10.2 Å². The van der Waals surface area contributed by atoms with Gasteiger partial charge in [0.25, 0.3) is 15.9 Å². The number of amides is 1. The van der Waals surface area contributed by atoms with Gasteiger partial charge in [-0.2, -0.15) is 0 Å². The Morgan fingerprint density at radius 2 is 1.79 bits per heavy atom. The third-order valence-electron chi connectivity index (χ3n) is 4.20. The summed E-state index contributed by atoms with van der Waals surface area (Å²) in [6.07, 6.45) is 0. The van der Waals surface area contributed by atoms with E-state index in [0.717, 1.165) is 28.0 Å². The number of anilines is 1. The molecule has 1 amide bonds. The summed E-state index contributed by atoms with van der Waals surface area (Å²) in [5, 5.41) is 10.6. The minimum Gasteiger partial charge on any atom is -0.296 e. The molecule has 0 radical (unpaired) electrons. The van der Waals surface area contributed by atoms with Crippen molar-refractivity contribution in [3.8, 4) is 0 Å². The van der Waals surface area contributed by atoms with Crippen LogP contribution in [-0.4, -0.2) is 24.5 Å². The summed E-state index contributed by atoms with van der Waals surface area (Å²) in [6.45, 7) is 5.64. The maximum atomic E-state index is 12.7. The number of nitrogens with one attached hydrogen (secondary N) is 2. The topological polar surface area (TPSA) is 101 Å². The van der Waals surface area contributed by atoms with Gasteiger partial charge in [-0.1, -0.05) is 46.7 Å². The van der Waals surface area contributed by atoms with E-state index in [-0.39, 0.29) is 9.47 Å². The Kier molecular flexibility index (Phi) is 6.33. The second kappa shape index (κ2) is 8.58. The van der Waals surface area contributed by atoms with Gasteiger partial charge in [0.2, 0.25) is 9.47 Å². The van der Waals surface area contributed by atoms with Crippen molar-refractivity contribution in [2.24, 2.45) is 0 Å². The molecule has 0 aliphatic rings. The zero-order valence-corrected chi connectivity index (χ0v) is 18.3. The first-order valence-corrected chi connectivity index (χ1v) is 11.3. The number of rotatable bonds is 6. The summed E-state index contributed by atoms with van der Waals surface area (Å²) in [7, 11) is -3.90. The number of aromatic nitrogens is 2. The Bertz CT molecular complexity index is 1140. The third kappa shape index (κ3) is 5.18. The predicted molar refractivity (Wildman–Crippen MR) is 114 cm³/mol. The standard InChI is InChI=1S/C19H19ClN4O3S2/c1-11-4-5-12(2)16(10-11)13(3)24-29(26,27)19-23-22-18(28-19)21-17(25)14-6-8-15(20)9-7-14/h4-10,13,24H,1-3H3,(H,21,22,25). The van der Waals surface area contributed by atoms with Crippen molar-refractivity contribution >= 4 is 44.0 Å². The molecule has 3 aromatic rings. The van der Waals surface area contributed by atoms with Crippen LogP contribution in [0.4, 0.5) is 5.13 Å². The largest absolute Gasteiger partial charge is 0.296 e. The van der Waals surface area contributed by atoms with Crippen LogP contribution in [0.1, 0.15) is 40.0 Å². The molecule has 0 bridgehead atoms. The second-order valence-electron chi connectivity index (χ2n) is 6.54. The molecule has 0 aliphatic carbocycles. The molecule has 152 valence electrons. The van der Waals surface area contributed by atoms with Crippen LogP contribution in [0.25, 0.3) is 0 Å². The Balaban J connectivity index is 1.73. The summed E-state index contributed by atoms with van der Waals surface area (Å²) in [5.41, 5.74) is 3.28. The molecule has 1 unspecified atom stereocenters. The van der Waals surface area contributed by atoms with Crippen LogP contribution in [0, 0.1) is 13.8 Å². The molecule has 0 fully saturated rings. The molecule has 2 aromatic carbocycles. The molecule has 0 aliphatic heterocycles. The summed E-state index contributed by atoms with van der Waals surface area (Å²) >= 11 is 6.59. The highest BCUT2D eigenvalue weighted by molar-refractivity contribution is 7.91. The fourth-order valence-electron chi connectivity index (χ4n) is 2.71. The number of nitrogens with zero attached hydrogens (tertiary/aromatic N) is 2. The van der Waals surface area contributed by atoms with Crippen molar-refractivity contribution in [2.75, 3.05) is 5.32 Å². The number of hydrogen-bond acceptors (Lipinski definition) is 6. The summed E-state index contributed by atoms with van der Waals surface area (Å²) in [5.74, 6) is -0.432. The Morgan fingerprint density at radius 3 is 2.48 bits per heavy atom. The zero-order valence-electron chi connectivity index (χ0n) is 15.9. The van der Waals surface area contributed by atoms with Gasteiger partial charge < -0.3 is 0 Å². The molecule has 1 aromatic heterocycles. The monoisotopic (exact) mass is 450 g/mol. The maximum absolute atomic E-state index is 12.7. The van der Waals surface area contributed by atoms with Crippen molar-refractivity contribution < 1.29 is 13.2 Å². The van der Waals surface area contributed by atoms with Crippen LogP contribution in [0.3, 0.4) is 0 Å². The molecular formula is C19H19ClN4O3S2. The van der Waals surface area contributed by atoms with E-state index in [9.17, 15) is 13.2 Å². The van der Waals surface area contributed by atoms with Crippen LogP contribution >= 0.6 is 22.9 Å². The first-order valence-electron chi connectivity index (χ1n) is 8.65. The van der Waals surface area contributed by atoms with Gasteiger partial charge in [-0.3, -0.25) is 10.1 Å². The molecule has 7 nitrogen and oxygen atoms in total. The number of aryl methyl sites for hydroxylation is 2. The SMILES string of the molecule is Cc1ccc(C)c(C(C)NS(=O)(=O)c2nnc(NC(=O)c3ccc(Cl)cc3)s2)c1. The molecule has 1 heterocycles. The third-order valence-corrected chi connectivity index (χ3v) is 7.20. The lowest BCUT2D eigenvalue weighted by molar-refractivity contribution is 0.102. The zero-order chi connectivity index (χ0) is 21.2.